The first kappa shape index (κ1) is 13.4. The third-order valence-corrected chi connectivity index (χ3v) is 4.63. The number of hydrogen-bond donors (Lipinski definition) is 1. The van der Waals surface area contributed by atoms with Gasteiger partial charge in [-0.25, -0.2) is 0 Å². The summed E-state index contributed by atoms with van der Waals surface area (Å²) in [7, 11) is 0. The van der Waals surface area contributed by atoms with Gasteiger partial charge in [-0.15, -0.1) is 0 Å². The Hall–Kier alpha value is -2.29. The number of fused-ring (bicyclic) bond motifs is 1. The molecule has 0 unspecified atom stereocenters. The van der Waals surface area contributed by atoms with Crippen LogP contribution in [0.2, 0.25) is 0 Å². The Labute approximate surface area is 131 Å². The fraction of sp³-hybridized carbons (Fsp3) is 0.316. The first-order valence-corrected chi connectivity index (χ1v) is 7.90. The first-order chi connectivity index (χ1) is 10.6. The number of nitrogens with one attached hydrogen (secondary N) is 1. The topological polar surface area (TPSA) is 32.3 Å². The van der Waals surface area contributed by atoms with Crippen LogP contribution in [-0.2, 0) is 0 Å². The fourth-order valence-electron chi connectivity index (χ4n) is 3.28. The van der Waals surface area contributed by atoms with Crippen LogP contribution in [-0.4, -0.2) is 16.8 Å². The van der Waals surface area contributed by atoms with Gasteiger partial charge in [-0.05, 0) is 49.9 Å². The van der Waals surface area contributed by atoms with E-state index in [4.69, 9.17) is 0 Å². The first-order valence-electron chi connectivity index (χ1n) is 7.90. The summed E-state index contributed by atoms with van der Waals surface area (Å²) in [6.45, 7) is 4.22. The lowest BCUT2D eigenvalue weighted by molar-refractivity contribution is 0.0666. The molecule has 1 aliphatic heterocycles. The standard InChI is InChI=1S/C19H20N2O/c1-12-7-8-13(2)16(11-12)18-20-17-6-4-3-5-15(17)19(22)21(18)14-9-10-14/h3-8,11,14,18,20H,9-10H2,1-2H3/t18-/m0/s1. The van der Waals surface area contributed by atoms with E-state index in [9.17, 15) is 4.79 Å². The second kappa shape index (κ2) is 4.87. The average molecular weight is 292 g/mol. The van der Waals surface area contributed by atoms with Gasteiger partial charge in [0, 0.05) is 11.7 Å². The number of carbonyl (C=O) groups excluding carboxylic acids is 1. The largest absolute Gasteiger partial charge is 0.361 e. The van der Waals surface area contributed by atoms with Crippen LogP contribution in [0.1, 0.15) is 46.1 Å². The van der Waals surface area contributed by atoms with Gasteiger partial charge < -0.3 is 10.2 Å². The Morgan fingerprint density at radius 1 is 1.09 bits per heavy atom. The van der Waals surface area contributed by atoms with Crippen LogP contribution in [0.15, 0.2) is 42.5 Å². The van der Waals surface area contributed by atoms with Crippen LogP contribution in [0.3, 0.4) is 0 Å². The van der Waals surface area contributed by atoms with Crippen molar-refractivity contribution in [3.8, 4) is 0 Å². The Morgan fingerprint density at radius 3 is 2.64 bits per heavy atom. The number of nitrogens with zero attached hydrogens (tertiary/aromatic N) is 1. The third kappa shape index (κ3) is 2.08. The summed E-state index contributed by atoms with van der Waals surface area (Å²) in [6, 6.07) is 14.7. The Morgan fingerprint density at radius 2 is 1.86 bits per heavy atom. The summed E-state index contributed by atoms with van der Waals surface area (Å²) in [5.41, 5.74) is 5.38. The molecule has 0 bridgehead atoms. The number of benzene rings is 2. The van der Waals surface area contributed by atoms with Crippen molar-refractivity contribution in [2.24, 2.45) is 0 Å². The van der Waals surface area contributed by atoms with Crippen molar-refractivity contribution in [2.45, 2.75) is 38.9 Å². The van der Waals surface area contributed by atoms with Crippen LogP contribution in [0.25, 0.3) is 0 Å². The highest BCUT2D eigenvalue weighted by Crippen LogP contribution is 2.41. The molecule has 2 aromatic rings. The van der Waals surface area contributed by atoms with Gasteiger partial charge in [0.25, 0.3) is 5.91 Å². The average Bonchev–Trinajstić information content (AvgIpc) is 3.34. The van der Waals surface area contributed by atoms with Crippen molar-refractivity contribution in [3.63, 3.8) is 0 Å². The van der Waals surface area contributed by atoms with E-state index in [0.29, 0.717) is 6.04 Å². The van der Waals surface area contributed by atoms with Gasteiger partial charge in [0.05, 0.1) is 5.56 Å². The Kier molecular flexibility index (Phi) is 2.96. The SMILES string of the molecule is Cc1ccc(C)c([C@H]2Nc3ccccc3C(=O)N2C2CC2)c1. The summed E-state index contributed by atoms with van der Waals surface area (Å²) in [4.78, 5) is 15.0. The summed E-state index contributed by atoms with van der Waals surface area (Å²) < 4.78 is 0. The number of carbonyl (C=O) groups is 1. The highest BCUT2D eigenvalue weighted by Gasteiger charge is 2.42. The lowest BCUT2D eigenvalue weighted by Crippen LogP contribution is -2.44. The van der Waals surface area contributed by atoms with Crippen LogP contribution < -0.4 is 5.32 Å². The van der Waals surface area contributed by atoms with Gasteiger partial charge in [0.2, 0.25) is 0 Å². The van der Waals surface area contributed by atoms with E-state index in [2.05, 4.69) is 37.4 Å². The molecule has 1 fully saturated rings. The predicted octanol–water partition coefficient (Wildman–Crippen LogP) is 4.03. The maximum atomic E-state index is 13.0. The van der Waals surface area contributed by atoms with Crippen LogP contribution in [0.5, 0.6) is 0 Å². The number of rotatable bonds is 2. The highest BCUT2D eigenvalue weighted by atomic mass is 16.2. The van der Waals surface area contributed by atoms with Crippen molar-refractivity contribution in [2.75, 3.05) is 5.32 Å². The summed E-state index contributed by atoms with van der Waals surface area (Å²) in [5.74, 6) is 0.155. The van der Waals surface area contributed by atoms with Crippen molar-refractivity contribution < 1.29 is 4.79 Å². The molecule has 3 heteroatoms. The van der Waals surface area contributed by atoms with E-state index in [1.165, 1.54) is 16.7 Å². The van der Waals surface area contributed by atoms with Gasteiger partial charge in [-0.1, -0.05) is 35.9 Å². The van der Waals surface area contributed by atoms with E-state index in [0.717, 1.165) is 24.1 Å². The number of aryl methyl sites for hydroxylation is 2. The molecule has 0 radical (unpaired) electrons. The van der Waals surface area contributed by atoms with Crippen molar-refractivity contribution in [3.05, 3.63) is 64.7 Å². The predicted molar refractivity (Wildman–Crippen MR) is 87.9 cm³/mol. The summed E-state index contributed by atoms with van der Waals surface area (Å²) in [5, 5.41) is 3.59. The molecular weight excluding hydrogens is 272 g/mol. The zero-order valence-electron chi connectivity index (χ0n) is 13.0. The third-order valence-electron chi connectivity index (χ3n) is 4.63. The van der Waals surface area contributed by atoms with Gasteiger partial charge in [0.1, 0.15) is 6.17 Å². The monoisotopic (exact) mass is 292 g/mol. The molecule has 1 saturated carbocycles. The molecule has 0 saturated heterocycles. The zero-order valence-corrected chi connectivity index (χ0v) is 13.0. The lowest BCUT2D eigenvalue weighted by Gasteiger charge is -2.39. The van der Waals surface area contributed by atoms with Crippen molar-refractivity contribution >= 4 is 11.6 Å². The van der Waals surface area contributed by atoms with Crippen LogP contribution >= 0.6 is 0 Å². The minimum absolute atomic E-state index is 0.0604. The molecule has 0 aromatic heterocycles. The summed E-state index contributed by atoms with van der Waals surface area (Å²) in [6.07, 6.45) is 2.16. The van der Waals surface area contributed by atoms with Gasteiger partial charge in [-0.3, -0.25) is 4.79 Å². The molecule has 2 aromatic carbocycles. The quantitative estimate of drug-likeness (QED) is 0.906. The Bertz CT molecular complexity index is 749. The van der Waals surface area contributed by atoms with Gasteiger partial charge in [-0.2, -0.15) is 0 Å². The van der Waals surface area contributed by atoms with Crippen LogP contribution in [0.4, 0.5) is 5.69 Å². The van der Waals surface area contributed by atoms with E-state index in [-0.39, 0.29) is 12.1 Å². The molecular formula is C19H20N2O. The zero-order chi connectivity index (χ0) is 15.3. The number of anilines is 1. The minimum atomic E-state index is -0.0604. The molecule has 112 valence electrons. The second-order valence-electron chi connectivity index (χ2n) is 6.40. The minimum Gasteiger partial charge on any atom is -0.361 e. The molecule has 1 amide bonds. The molecule has 0 spiro atoms. The smallest absolute Gasteiger partial charge is 0.258 e. The maximum Gasteiger partial charge on any atom is 0.258 e. The highest BCUT2D eigenvalue weighted by molar-refractivity contribution is 6.02. The fourth-order valence-corrected chi connectivity index (χ4v) is 3.28. The number of amides is 1. The maximum absolute atomic E-state index is 13.0. The van der Waals surface area contributed by atoms with Gasteiger partial charge >= 0.3 is 0 Å². The molecule has 2 aliphatic rings. The van der Waals surface area contributed by atoms with Crippen molar-refractivity contribution in [1.29, 1.82) is 0 Å². The lowest BCUT2D eigenvalue weighted by atomic mass is 9.98. The Balaban J connectivity index is 1.84. The second-order valence-corrected chi connectivity index (χ2v) is 6.40. The van der Waals surface area contributed by atoms with E-state index < -0.39 is 0 Å². The molecule has 1 heterocycles. The summed E-state index contributed by atoms with van der Waals surface area (Å²) >= 11 is 0. The molecule has 22 heavy (non-hydrogen) atoms. The van der Waals surface area contributed by atoms with Crippen LogP contribution in [0, 0.1) is 13.8 Å². The van der Waals surface area contributed by atoms with E-state index in [1.54, 1.807) is 0 Å². The molecule has 1 aliphatic carbocycles. The normalized spacial score (nSPS) is 20.5. The van der Waals surface area contributed by atoms with Crippen molar-refractivity contribution in [1.82, 2.24) is 4.90 Å². The van der Waals surface area contributed by atoms with Gasteiger partial charge in [0.15, 0.2) is 0 Å². The molecule has 3 nitrogen and oxygen atoms in total. The molecule has 1 N–H and O–H groups in total. The van der Waals surface area contributed by atoms with E-state index in [1.807, 2.05) is 29.2 Å². The molecule has 1 atom stereocenters. The number of para-hydroxylation sites is 1. The number of hydrogen-bond acceptors (Lipinski definition) is 2. The van der Waals surface area contributed by atoms with E-state index >= 15 is 0 Å². The molecule has 4 rings (SSSR count).